The van der Waals surface area contributed by atoms with Gasteiger partial charge in [-0.05, 0) is 38.6 Å². The molecule has 1 aliphatic carbocycles. The molecule has 2 saturated heterocycles. The predicted molar refractivity (Wildman–Crippen MR) is 79.6 cm³/mol. The molecule has 0 spiro atoms. The number of carbonyl (C=O) groups excluding carboxylic acids is 1. The van der Waals surface area contributed by atoms with Gasteiger partial charge in [0.1, 0.15) is 0 Å². The van der Waals surface area contributed by atoms with Crippen LogP contribution in [0.15, 0.2) is 0 Å². The van der Waals surface area contributed by atoms with E-state index in [1.807, 2.05) is 0 Å². The van der Waals surface area contributed by atoms with E-state index in [-0.39, 0.29) is 12.4 Å². The average Bonchev–Trinajstić information content (AvgIpc) is 2.57. The third-order valence-corrected chi connectivity index (χ3v) is 5.11. The maximum atomic E-state index is 12.8. The van der Waals surface area contributed by atoms with Gasteiger partial charge < -0.3 is 10.2 Å². The molecule has 2 unspecified atom stereocenters. The molecular formula is C15H27ClN2O. The Morgan fingerprint density at radius 2 is 1.58 bits per heavy atom. The Morgan fingerprint density at radius 1 is 0.895 bits per heavy atom. The molecule has 2 bridgehead atoms. The number of halogens is 1. The molecule has 1 saturated carbocycles. The Balaban J connectivity index is 0.00000133. The largest absolute Gasteiger partial charge is 0.335 e. The predicted octanol–water partition coefficient (Wildman–Crippen LogP) is 2.73. The van der Waals surface area contributed by atoms with Crippen LogP contribution >= 0.6 is 12.4 Å². The molecule has 110 valence electrons. The monoisotopic (exact) mass is 286 g/mol. The summed E-state index contributed by atoms with van der Waals surface area (Å²) in [5.41, 5.74) is 0. The van der Waals surface area contributed by atoms with Crippen molar-refractivity contribution in [2.75, 3.05) is 13.1 Å². The quantitative estimate of drug-likeness (QED) is 0.752. The number of hydrogen-bond acceptors (Lipinski definition) is 2. The van der Waals surface area contributed by atoms with Crippen molar-refractivity contribution in [3.8, 4) is 0 Å². The van der Waals surface area contributed by atoms with E-state index in [9.17, 15) is 4.79 Å². The van der Waals surface area contributed by atoms with Gasteiger partial charge in [0.15, 0.2) is 0 Å². The van der Waals surface area contributed by atoms with Crippen molar-refractivity contribution in [3.63, 3.8) is 0 Å². The lowest BCUT2D eigenvalue weighted by Gasteiger charge is -2.31. The fraction of sp³-hybridized carbons (Fsp3) is 0.933. The normalized spacial score (nSPS) is 32.3. The Labute approximate surface area is 122 Å². The van der Waals surface area contributed by atoms with Crippen molar-refractivity contribution in [1.82, 2.24) is 10.2 Å². The zero-order valence-corrected chi connectivity index (χ0v) is 12.6. The van der Waals surface area contributed by atoms with Gasteiger partial charge in [0, 0.05) is 24.5 Å². The van der Waals surface area contributed by atoms with E-state index in [0.29, 0.717) is 23.9 Å². The minimum atomic E-state index is 0. The van der Waals surface area contributed by atoms with Crippen LogP contribution in [0, 0.1) is 5.92 Å². The Kier molecular flexibility index (Phi) is 5.52. The zero-order valence-electron chi connectivity index (χ0n) is 11.8. The number of hydrogen-bond donors (Lipinski definition) is 1. The number of fused-ring (bicyclic) bond motifs is 2. The van der Waals surface area contributed by atoms with Gasteiger partial charge in [0.05, 0.1) is 0 Å². The first-order valence-electron chi connectivity index (χ1n) is 7.89. The number of nitrogens with one attached hydrogen (secondary N) is 1. The second-order valence-electron chi connectivity index (χ2n) is 6.31. The van der Waals surface area contributed by atoms with Crippen LogP contribution in [-0.4, -0.2) is 36.0 Å². The number of rotatable bonds is 1. The van der Waals surface area contributed by atoms with E-state index in [1.54, 1.807) is 0 Å². The molecule has 0 aromatic rings. The molecule has 3 rings (SSSR count). The van der Waals surface area contributed by atoms with Gasteiger partial charge in [-0.25, -0.2) is 0 Å². The van der Waals surface area contributed by atoms with Gasteiger partial charge in [-0.1, -0.05) is 25.7 Å². The highest BCUT2D eigenvalue weighted by atomic mass is 35.5. The number of amides is 1. The van der Waals surface area contributed by atoms with Gasteiger partial charge in [-0.15, -0.1) is 12.4 Å². The highest BCUT2D eigenvalue weighted by molar-refractivity contribution is 5.85. The standard InChI is InChI=1S/C15H26N2O.ClH/c18-15(12-5-3-1-2-4-6-12)17-13-7-8-14(17)11-16-10-9-13;/h12-14,16H,1-11H2;1H. The fourth-order valence-electron chi connectivity index (χ4n) is 4.08. The molecule has 3 aliphatic rings. The molecule has 3 nitrogen and oxygen atoms in total. The van der Waals surface area contributed by atoms with Gasteiger partial charge in [0.25, 0.3) is 0 Å². The van der Waals surface area contributed by atoms with Crippen LogP contribution < -0.4 is 5.32 Å². The summed E-state index contributed by atoms with van der Waals surface area (Å²) in [4.78, 5) is 15.1. The second kappa shape index (κ2) is 6.94. The highest BCUT2D eigenvalue weighted by Crippen LogP contribution is 2.32. The molecule has 0 aromatic heterocycles. The summed E-state index contributed by atoms with van der Waals surface area (Å²) in [6, 6.07) is 1.04. The maximum absolute atomic E-state index is 12.8. The molecule has 0 radical (unpaired) electrons. The molecule has 0 aromatic carbocycles. The van der Waals surface area contributed by atoms with E-state index in [0.717, 1.165) is 32.4 Å². The first-order valence-corrected chi connectivity index (χ1v) is 7.89. The minimum Gasteiger partial charge on any atom is -0.335 e. The van der Waals surface area contributed by atoms with Crippen LogP contribution in [0.3, 0.4) is 0 Å². The third-order valence-electron chi connectivity index (χ3n) is 5.11. The van der Waals surface area contributed by atoms with Crippen LogP contribution in [0.5, 0.6) is 0 Å². The van der Waals surface area contributed by atoms with Crippen LogP contribution in [-0.2, 0) is 4.79 Å². The number of nitrogens with zero attached hydrogens (tertiary/aromatic N) is 1. The van der Waals surface area contributed by atoms with Gasteiger partial charge in [-0.3, -0.25) is 4.79 Å². The Hall–Kier alpha value is -0.280. The van der Waals surface area contributed by atoms with Crippen LogP contribution in [0.4, 0.5) is 0 Å². The lowest BCUT2D eigenvalue weighted by molar-refractivity contribution is -0.138. The zero-order chi connectivity index (χ0) is 12.4. The second-order valence-corrected chi connectivity index (χ2v) is 6.31. The molecule has 2 aliphatic heterocycles. The number of carbonyl (C=O) groups is 1. The lowest BCUT2D eigenvalue weighted by atomic mass is 9.97. The van der Waals surface area contributed by atoms with Crippen LogP contribution in [0.25, 0.3) is 0 Å². The van der Waals surface area contributed by atoms with E-state index < -0.39 is 0 Å². The molecule has 4 heteroatoms. The van der Waals surface area contributed by atoms with Crippen molar-refractivity contribution in [1.29, 1.82) is 0 Å². The SMILES string of the molecule is Cl.O=C(C1CCCCCC1)N1C2CCNCC1CC2. The summed E-state index contributed by atoms with van der Waals surface area (Å²) in [5.74, 6) is 0.835. The summed E-state index contributed by atoms with van der Waals surface area (Å²) >= 11 is 0. The molecule has 3 fully saturated rings. The summed E-state index contributed by atoms with van der Waals surface area (Å²) in [7, 11) is 0. The molecule has 2 heterocycles. The molecule has 19 heavy (non-hydrogen) atoms. The molecular weight excluding hydrogens is 260 g/mol. The Morgan fingerprint density at radius 3 is 2.32 bits per heavy atom. The van der Waals surface area contributed by atoms with E-state index in [2.05, 4.69) is 10.2 Å². The smallest absolute Gasteiger partial charge is 0.226 e. The maximum Gasteiger partial charge on any atom is 0.226 e. The summed E-state index contributed by atoms with van der Waals surface area (Å²) in [6.07, 6.45) is 11.1. The first kappa shape index (κ1) is 15.1. The van der Waals surface area contributed by atoms with Gasteiger partial charge in [0.2, 0.25) is 5.91 Å². The van der Waals surface area contributed by atoms with Crippen molar-refractivity contribution < 1.29 is 4.79 Å². The van der Waals surface area contributed by atoms with E-state index in [4.69, 9.17) is 0 Å². The fourth-order valence-corrected chi connectivity index (χ4v) is 4.08. The van der Waals surface area contributed by atoms with Crippen LogP contribution in [0.1, 0.15) is 57.8 Å². The van der Waals surface area contributed by atoms with Crippen molar-refractivity contribution in [2.24, 2.45) is 5.92 Å². The first-order chi connectivity index (χ1) is 8.86. The topological polar surface area (TPSA) is 32.3 Å². The molecule has 1 amide bonds. The van der Waals surface area contributed by atoms with Crippen molar-refractivity contribution >= 4 is 18.3 Å². The van der Waals surface area contributed by atoms with E-state index in [1.165, 1.54) is 38.5 Å². The van der Waals surface area contributed by atoms with Crippen LogP contribution in [0.2, 0.25) is 0 Å². The lowest BCUT2D eigenvalue weighted by Crippen LogP contribution is -2.45. The van der Waals surface area contributed by atoms with Gasteiger partial charge in [-0.2, -0.15) is 0 Å². The Bertz CT molecular complexity index is 289. The highest BCUT2D eigenvalue weighted by Gasteiger charge is 2.40. The molecule has 1 N–H and O–H groups in total. The van der Waals surface area contributed by atoms with Gasteiger partial charge >= 0.3 is 0 Å². The summed E-state index contributed by atoms with van der Waals surface area (Å²) in [5, 5.41) is 3.48. The average molecular weight is 287 g/mol. The van der Waals surface area contributed by atoms with Crippen molar-refractivity contribution in [3.05, 3.63) is 0 Å². The molecule has 2 atom stereocenters. The summed E-state index contributed by atoms with van der Waals surface area (Å²) in [6.45, 7) is 2.12. The van der Waals surface area contributed by atoms with Crippen molar-refractivity contribution in [2.45, 2.75) is 69.9 Å². The summed E-state index contributed by atoms with van der Waals surface area (Å²) < 4.78 is 0. The minimum absolute atomic E-state index is 0. The third kappa shape index (κ3) is 3.25. The van der Waals surface area contributed by atoms with E-state index >= 15 is 0 Å².